The van der Waals surface area contributed by atoms with Crippen LogP contribution in [0.5, 0.6) is 0 Å². The van der Waals surface area contributed by atoms with E-state index in [1.54, 1.807) is 6.20 Å². The Bertz CT molecular complexity index is 400. The fourth-order valence-electron chi connectivity index (χ4n) is 2.03. The first kappa shape index (κ1) is 14.0. The molecular formula is C13H21N3O3. The fourth-order valence-corrected chi connectivity index (χ4v) is 2.03. The zero-order valence-corrected chi connectivity index (χ0v) is 11.3. The molecule has 2 rings (SSSR count). The van der Waals surface area contributed by atoms with Crippen molar-refractivity contribution in [2.45, 2.75) is 38.8 Å². The first-order valence-corrected chi connectivity index (χ1v) is 6.74. The van der Waals surface area contributed by atoms with E-state index in [0.29, 0.717) is 31.6 Å². The monoisotopic (exact) mass is 267 g/mol. The van der Waals surface area contributed by atoms with Gasteiger partial charge in [0.25, 0.3) is 0 Å². The first-order valence-electron chi connectivity index (χ1n) is 6.74. The van der Waals surface area contributed by atoms with Crippen molar-refractivity contribution in [3.8, 4) is 0 Å². The smallest absolute Gasteiger partial charge is 0.222 e. The number of rotatable bonds is 6. The number of carbonyl (C=O) groups is 1. The fraction of sp³-hybridized carbons (Fsp3) is 0.692. The van der Waals surface area contributed by atoms with Crippen molar-refractivity contribution in [3.05, 3.63) is 17.8 Å². The average molecular weight is 267 g/mol. The van der Waals surface area contributed by atoms with Gasteiger partial charge >= 0.3 is 0 Å². The molecule has 2 N–H and O–H groups in total. The number of aromatic nitrogens is 1. The van der Waals surface area contributed by atoms with Gasteiger partial charge in [0.05, 0.1) is 25.5 Å². The van der Waals surface area contributed by atoms with Gasteiger partial charge in [-0.05, 0) is 32.9 Å². The quantitative estimate of drug-likeness (QED) is 0.795. The lowest BCUT2D eigenvalue weighted by Crippen LogP contribution is -2.33. The number of aryl methyl sites for hydroxylation is 1. The summed E-state index contributed by atoms with van der Waals surface area (Å²) in [6.45, 7) is 4.63. The topological polar surface area (TPSA) is 76.4 Å². The zero-order valence-electron chi connectivity index (χ0n) is 11.3. The third-order valence-corrected chi connectivity index (χ3v) is 3.07. The number of carbonyl (C=O) groups excluding carboxylic acids is 1. The van der Waals surface area contributed by atoms with E-state index in [2.05, 4.69) is 15.6 Å². The molecule has 0 atom stereocenters. The van der Waals surface area contributed by atoms with Crippen LogP contribution in [-0.2, 0) is 16.1 Å². The van der Waals surface area contributed by atoms with Crippen molar-refractivity contribution < 1.29 is 13.9 Å². The van der Waals surface area contributed by atoms with Crippen molar-refractivity contribution in [3.63, 3.8) is 0 Å². The normalized spacial score (nSPS) is 16.5. The van der Waals surface area contributed by atoms with E-state index in [1.165, 1.54) is 0 Å². The Morgan fingerprint density at radius 2 is 2.37 bits per heavy atom. The molecule has 0 radical (unpaired) electrons. The minimum Gasteiger partial charge on any atom is -0.444 e. The van der Waals surface area contributed by atoms with Gasteiger partial charge in [-0.3, -0.25) is 4.79 Å². The van der Waals surface area contributed by atoms with Gasteiger partial charge in [-0.2, -0.15) is 0 Å². The maximum atomic E-state index is 11.6. The van der Waals surface area contributed by atoms with Gasteiger partial charge in [-0.25, -0.2) is 4.98 Å². The Labute approximate surface area is 112 Å². The van der Waals surface area contributed by atoms with E-state index in [9.17, 15) is 4.79 Å². The first-order chi connectivity index (χ1) is 9.24. The predicted octanol–water partition coefficient (Wildman–Crippen LogP) is 0.758. The number of hydrogen-bond acceptors (Lipinski definition) is 5. The molecule has 19 heavy (non-hydrogen) atoms. The summed E-state index contributed by atoms with van der Waals surface area (Å²) in [6.07, 6.45) is 4.36. The Morgan fingerprint density at radius 3 is 3.05 bits per heavy atom. The van der Waals surface area contributed by atoms with E-state index in [1.807, 2.05) is 6.92 Å². The summed E-state index contributed by atoms with van der Waals surface area (Å²) >= 11 is 0. The SMILES string of the molecule is Cc1cnc(CNC(=O)CCOC2CCNCC2)o1. The summed E-state index contributed by atoms with van der Waals surface area (Å²) in [5.41, 5.74) is 0. The van der Waals surface area contributed by atoms with E-state index in [-0.39, 0.29) is 5.91 Å². The number of hydrogen-bond donors (Lipinski definition) is 2. The van der Waals surface area contributed by atoms with Gasteiger partial charge < -0.3 is 19.8 Å². The minimum atomic E-state index is -0.0372. The molecule has 0 bridgehead atoms. The van der Waals surface area contributed by atoms with E-state index in [0.717, 1.165) is 31.7 Å². The second-order valence-corrected chi connectivity index (χ2v) is 4.71. The highest BCUT2D eigenvalue weighted by molar-refractivity contribution is 5.75. The molecule has 1 fully saturated rings. The van der Waals surface area contributed by atoms with Crippen LogP contribution < -0.4 is 10.6 Å². The molecular weight excluding hydrogens is 246 g/mol. The molecule has 1 aliphatic rings. The molecule has 0 spiro atoms. The summed E-state index contributed by atoms with van der Waals surface area (Å²) in [5.74, 6) is 1.24. The third kappa shape index (κ3) is 5.00. The van der Waals surface area contributed by atoms with Crippen LogP contribution in [0.25, 0.3) is 0 Å². The van der Waals surface area contributed by atoms with Gasteiger partial charge in [-0.1, -0.05) is 0 Å². The number of ether oxygens (including phenoxy) is 1. The number of piperidine rings is 1. The van der Waals surface area contributed by atoms with Crippen LogP contribution in [0.3, 0.4) is 0 Å². The summed E-state index contributed by atoms with van der Waals surface area (Å²) in [4.78, 5) is 15.6. The highest BCUT2D eigenvalue weighted by Gasteiger charge is 2.13. The molecule has 106 valence electrons. The van der Waals surface area contributed by atoms with E-state index < -0.39 is 0 Å². The molecule has 0 aromatic carbocycles. The molecule has 1 saturated heterocycles. The summed E-state index contributed by atoms with van der Waals surface area (Å²) in [6, 6.07) is 0. The van der Waals surface area contributed by atoms with Gasteiger partial charge in [0.2, 0.25) is 11.8 Å². The predicted molar refractivity (Wildman–Crippen MR) is 69.5 cm³/mol. The van der Waals surface area contributed by atoms with Crippen molar-refractivity contribution in [2.24, 2.45) is 0 Å². The molecule has 0 saturated carbocycles. The largest absolute Gasteiger partial charge is 0.444 e. The van der Waals surface area contributed by atoms with Gasteiger partial charge in [0.15, 0.2) is 0 Å². The lowest BCUT2D eigenvalue weighted by molar-refractivity contribution is -0.123. The minimum absolute atomic E-state index is 0.0372. The molecule has 1 amide bonds. The van der Waals surface area contributed by atoms with Gasteiger partial charge in [-0.15, -0.1) is 0 Å². The second kappa shape index (κ2) is 7.25. The summed E-state index contributed by atoms with van der Waals surface area (Å²) in [7, 11) is 0. The van der Waals surface area contributed by atoms with Crippen LogP contribution in [0.4, 0.5) is 0 Å². The summed E-state index contributed by atoms with van der Waals surface area (Å²) in [5, 5.41) is 6.04. The Hall–Kier alpha value is -1.40. The molecule has 0 aliphatic carbocycles. The third-order valence-electron chi connectivity index (χ3n) is 3.07. The molecule has 2 heterocycles. The molecule has 1 aromatic heterocycles. The molecule has 6 nitrogen and oxygen atoms in total. The highest BCUT2D eigenvalue weighted by Crippen LogP contribution is 2.07. The lowest BCUT2D eigenvalue weighted by atomic mass is 10.1. The lowest BCUT2D eigenvalue weighted by Gasteiger charge is -2.22. The molecule has 1 aromatic rings. The number of nitrogens with one attached hydrogen (secondary N) is 2. The van der Waals surface area contributed by atoms with Crippen LogP contribution >= 0.6 is 0 Å². The maximum absolute atomic E-state index is 11.6. The Balaban J connectivity index is 1.56. The van der Waals surface area contributed by atoms with Crippen molar-refractivity contribution >= 4 is 5.91 Å². The standard InChI is InChI=1S/C13H21N3O3/c1-10-8-16-13(19-10)9-15-12(17)4-7-18-11-2-5-14-6-3-11/h8,11,14H,2-7,9H2,1H3,(H,15,17). The van der Waals surface area contributed by atoms with Crippen LogP contribution in [0.1, 0.15) is 30.9 Å². The maximum Gasteiger partial charge on any atom is 0.222 e. The molecule has 0 unspecified atom stereocenters. The highest BCUT2D eigenvalue weighted by atomic mass is 16.5. The second-order valence-electron chi connectivity index (χ2n) is 4.71. The van der Waals surface area contributed by atoms with Gasteiger partial charge in [0, 0.05) is 6.42 Å². The van der Waals surface area contributed by atoms with Crippen molar-refractivity contribution in [1.82, 2.24) is 15.6 Å². The van der Waals surface area contributed by atoms with Crippen LogP contribution in [0.2, 0.25) is 0 Å². The zero-order chi connectivity index (χ0) is 13.5. The number of oxazole rings is 1. The van der Waals surface area contributed by atoms with Crippen LogP contribution in [0, 0.1) is 6.92 Å². The molecule has 6 heteroatoms. The Kier molecular flexibility index (Phi) is 5.35. The van der Waals surface area contributed by atoms with E-state index in [4.69, 9.17) is 9.15 Å². The van der Waals surface area contributed by atoms with E-state index >= 15 is 0 Å². The van der Waals surface area contributed by atoms with Crippen LogP contribution in [-0.4, -0.2) is 36.7 Å². The van der Waals surface area contributed by atoms with Gasteiger partial charge in [0.1, 0.15) is 5.76 Å². The molecule has 1 aliphatic heterocycles. The summed E-state index contributed by atoms with van der Waals surface area (Å²) < 4.78 is 10.9. The van der Waals surface area contributed by atoms with Crippen molar-refractivity contribution in [1.29, 1.82) is 0 Å². The Morgan fingerprint density at radius 1 is 1.58 bits per heavy atom. The van der Waals surface area contributed by atoms with Crippen LogP contribution in [0.15, 0.2) is 10.6 Å². The number of nitrogens with zero attached hydrogens (tertiary/aromatic N) is 1. The van der Waals surface area contributed by atoms with Crippen molar-refractivity contribution in [2.75, 3.05) is 19.7 Å². The number of amides is 1. The average Bonchev–Trinajstić information content (AvgIpc) is 2.83.